The van der Waals surface area contributed by atoms with E-state index in [0.717, 1.165) is 12.1 Å². The zero-order chi connectivity index (χ0) is 26.3. The fraction of sp³-hybridized carbons (Fsp3) is 0.222. The number of phenolic OH excluding ortho intramolecular Hbond substituents is 2. The molecule has 0 unspecified atom stereocenters. The minimum atomic E-state index is -4.60. The molecule has 0 aliphatic heterocycles. The lowest BCUT2D eigenvalue weighted by atomic mass is 10.1. The third kappa shape index (κ3) is 10.4. The molecular formula is C18H24N2O12P2. The lowest BCUT2D eigenvalue weighted by molar-refractivity contribution is -0.139. The average Bonchev–Trinajstić information content (AvgIpc) is 2.69. The second-order valence-electron chi connectivity index (χ2n) is 6.95. The van der Waals surface area contributed by atoms with Gasteiger partial charge in [0.15, 0.2) is 0 Å². The van der Waals surface area contributed by atoms with E-state index in [1.807, 2.05) is 0 Å². The Bertz CT molecular complexity index is 1100. The van der Waals surface area contributed by atoms with Crippen LogP contribution in [0.3, 0.4) is 0 Å². The van der Waals surface area contributed by atoms with Crippen molar-refractivity contribution in [2.75, 3.05) is 0 Å². The van der Waals surface area contributed by atoms with Gasteiger partial charge in [-0.05, 0) is 48.2 Å². The van der Waals surface area contributed by atoms with Crippen LogP contribution in [-0.2, 0) is 31.6 Å². The van der Waals surface area contributed by atoms with Gasteiger partial charge in [-0.15, -0.1) is 0 Å². The zero-order valence-electron chi connectivity index (χ0n) is 17.3. The lowest BCUT2D eigenvalue weighted by Crippen LogP contribution is -2.36. The van der Waals surface area contributed by atoms with Crippen molar-refractivity contribution < 1.29 is 58.7 Å². The molecule has 2 rings (SSSR count). The fourth-order valence-electron chi connectivity index (χ4n) is 2.53. The molecule has 0 fully saturated rings. The van der Waals surface area contributed by atoms with Crippen LogP contribution in [0.15, 0.2) is 42.5 Å². The van der Waals surface area contributed by atoms with E-state index in [0.29, 0.717) is 11.1 Å². The van der Waals surface area contributed by atoms with Crippen molar-refractivity contribution in [2.45, 2.75) is 24.9 Å². The average molecular weight is 522 g/mol. The first-order valence-corrected chi connectivity index (χ1v) is 12.4. The SMILES string of the molecule is N[C@@H](Cc1ccc(O)c(P(=O)(O)O)c1)C(=O)O.O=C(O)[C@H](Cc1ccc(O)cc1)NP(=O)(O)O. The van der Waals surface area contributed by atoms with E-state index in [-0.39, 0.29) is 18.6 Å². The minimum absolute atomic E-state index is 0.0311. The topological polar surface area (TPSA) is 268 Å². The van der Waals surface area contributed by atoms with Crippen LogP contribution >= 0.6 is 15.3 Å². The molecule has 0 saturated carbocycles. The molecular weight excluding hydrogens is 498 g/mol. The molecule has 11 N–H and O–H groups in total. The van der Waals surface area contributed by atoms with Crippen LogP contribution < -0.4 is 16.1 Å². The summed E-state index contributed by atoms with van der Waals surface area (Å²) in [5, 5.41) is 36.9. The van der Waals surface area contributed by atoms with Gasteiger partial charge in [0.05, 0.1) is 0 Å². The molecule has 16 heteroatoms. The van der Waals surface area contributed by atoms with Gasteiger partial charge in [-0.25, -0.2) is 9.65 Å². The number of nitrogens with two attached hydrogens (primary N) is 1. The van der Waals surface area contributed by atoms with Crippen molar-refractivity contribution >= 4 is 32.6 Å². The minimum Gasteiger partial charge on any atom is -0.508 e. The van der Waals surface area contributed by atoms with Gasteiger partial charge in [-0.3, -0.25) is 14.2 Å². The molecule has 2 atom stereocenters. The van der Waals surface area contributed by atoms with Crippen LogP contribution in [0.25, 0.3) is 0 Å². The van der Waals surface area contributed by atoms with Gasteiger partial charge in [0.2, 0.25) is 0 Å². The summed E-state index contributed by atoms with van der Waals surface area (Å²) >= 11 is 0. The van der Waals surface area contributed by atoms with Crippen molar-refractivity contribution in [3.63, 3.8) is 0 Å². The van der Waals surface area contributed by atoms with E-state index < -0.39 is 50.4 Å². The predicted molar refractivity (Wildman–Crippen MR) is 118 cm³/mol. The molecule has 0 aliphatic carbocycles. The molecule has 188 valence electrons. The molecule has 0 bridgehead atoms. The van der Waals surface area contributed by atoms with Gasteiger partial charge in [0.1, 0.15) is 28.9 Å². The Kier molecular flexibility index (Phi) is 10.4. The number of aromatic hydroxyl groups is 2. The molecule has 0 amide bonds. The molecule has 0 saturated heterocycles. The Morgan fingerprint density at radius 3 is 1.82 bits per heavy atom. The van der Waals surface area contributed by atoms with Gasteiger partial charge < -0.3 is 45.7 Å². The number of carboxylic acids is 2. The maximum absolute atomic E-state index is 11.0. The van der Waals surface area contributed by atoms with Crippen molar-refractivity contribution in [3.8, 4) is 11.5 Å². The molecule has 34 heavy (non-hydrogen) atoms. The summed E-state index contributed by atoms with van der Waals surface area (Å²) in [5.41, 5.74) is 6.16. The highest BCUT2D eigenvalue weighted by Gasteiger charge is 2.26. The maximum Gasteiger partial charge on any atom is 0.401 e. The highest BCUT2D eigenvalue weighted by molar-refractivity contribution is 7.60. The normalized spacial score (nSPS) is 13.3. The van der Waals surface area contributed by atoms with Crippen molar-refractivity contribution in [2.24, 2.45) is 5.73 Å². The predicted octanol–water partition coefficient (Wildman–Crippen LogP) is -0.780. The number of carbonyl (C=O) groups is 2. The van der Waals surface area contributed by atoms with Crippen LogP contribution in [0.2, 0.25) is 0 Å². The molecule has 0 aromatic heterocycles. The quantitative estimate of drug-likeness (QED) is 0.181. The van der Waals surface area contributed by atoms with Crippen LogP contribution in [0.4, 0.5) is 0 Å². The zero-order valence-corrected chi connectivity index (χ0v) is 19.1. The van der Waals surface area contributed by atoms with Crippen LogP contribution in [-0.4, -0.2) is 64.0 Å². The van der Waals surface area contributed by atoms with E-state index in [2.05, 4.69) is 0 Å². The number of carboxylic acid groups (broad SMARTS) is 2. The Morgan fingerprint density at radius 1 is 0.853 bits per heavy atom. The summed E-state index contributed by atoms with van der Waals surface area (Å²) in [4.78, 5) is 56.5. The highest BCUT2D eigenvalue weighted by Crippen LogP contribution is 2.37. The third-order valence-electron chi connectivity index (χ3n) is 4.12. The molecule has 2 aromatic carbocycles. The van der Waals surface area contributed by atoms with Crippen LogP contribution in [0, 0.1) is 0 Å². The second-order valence-corrected chi connectivity index (χ2v) is 9.87. The smallest absolute Gasteiger partial charge is 0.401 e. The largest absolute Gasteiger partial charge is 0.508 e. The van der Waals surface area contributed by atoms with Crippen LogP contribution in [0.5, 0.6) is 11.5 Å². The van der Waals surface area contributed by atoms with Crippen molar-refractivity contribution in [3.05, 3.63) is 53.6 Å². The fourth-order valence-corrected chi connectivity index (χ4v) is 3.84. The number of rotatable bonds is 9. The van der Waals surface area contributed by atoms with E-state index in [4.69, 9.17) is 40.6 Å². The van der Waals surface area contributed by atoms with Gasteiger partial charge in [-0.1, -0.05) is 18.2 Å². The Labute approximate surface area is 192 Å². The number of aliphatic carboxylic acids is 2. The summed E-state index contributed by atoms with van der Waals surface area (Å²) in [6.07, 6.45) is -0.177. The standard InChI is InChI=1S/2C9H12NO6P/c11-7-3-1-6(2-4-7)5-8(9(12)13)10-17(14,15)16;10-6(9(12)13)3-5-1-2-7(11)8(4-5)17(14,15)16/h1-4,8,11H,5H2,(H,12,13)(H3,10,14,15,16);1-2,4,6,11H,3,10H2,(H,12,13)(H2,14,15,16)/t8-;6-/m00/s1. The Hall–Kier alpha value is -2.80. The van der Waals surface area contributed by atoms with Gasteiger partial charge >= 0.3 is 27.3 Å². The highest BCUT2D eigenvalue weighted by atomic mass is 31.2. The van der Waals surface area contributed by atoms with E-state index >= 15 is 0 Å². The molecule has 14 nitrogen and oxygen atoms in total. The molecule has 2 aromatic rings. The Morgan fingerprint density at radius 2 is 1.38 bits per heavy atom. The van der Waals surface area contributed by atoms with Crippen molar-refractivity contribution in [1.82, 2.24) is 5.09 Å². The van der Waals surface area contributed by atoms with Gasteiger partial charge in [-0.2, -0.15) is 0 Å². The number of hydrogen-bond donors (Lipinski definition) is 10. The number of nitrogens with one attached hydrogen (secondary N) is 1. The number of phenols is 2. The Balaban J connectivity index is 0.000000340. The first-order valence-electron chi connectivity index (χ1n) is 9.20. The monoisotopic (exact) mass is 522 g/mol. The molecule has 0 radical (unpaired) electrons. The lowest BCUT2D eigenvalue weighted by Gasteiger charge is -2.15. The first-order chi connectivity index (χ1) is 15.5. The van der Waals surface area contributed by atoms with Gasteiger partial charge in [0.25, 0.3) is 0 Å². The summed E-state index contributed by atoms with van der Waals surface area (Å²) in [6.45, 7) is 0. The first kappa shape index (κ1) is 29.2. The maximum atomic E-state index is 11.0. The van der Waals surface area contributed by atoms with E-state index in [9.17, 15) is 23.8 Å². The second kappa shape index (κ2) is 12.1. The molecule has 0 heterocycles. The van der Waals surface area contributed by atoms with E-state index in [1.165, 1.54) is 30.3 Å². The number of hydrogen-bond acceptors (Lipinski definition) is 7. The van der Waals surface area contributed by atoms with E-state index in [1.54, 1.807) is 5.09 Å². The third-order valence-corrected chi connectivity index (χ3v) is 5.76. The van der Waals surface area contributed by atoms with Crippen LogP contribution in [0.1, 0.15) is 11.1 Å². The molecule has 0 spiro atoms. The van der Waals surface area contributed by atoms with Gasteiger partial charge in [0, 0.05) is 0 Å². The summed E-state index contributed by atoms with van der Waals surface area (Å²) < 4.78 is 21.7. The van der Waals surface area contributed by atoms with Crippen molar-refractivity contribution in [1.29, 1.82) is 0 Å². The number of benzene rings is 2. The summed E-state index contributed by atoms with van der Waals surface area (Å²) in [5.74, 6) is -3.08. The molecule has 0 aliphatic rings. The summed E-state index contributed by atoms with van der Waals surface area (Å²) in [6, 6.07) is 6.65. The summed E-state index contributed by atoms with van der Waals surface area (Å²) in [7, 11) is -9.19.